The van der Waals surface area contributed by atoms with E-state index in [0.29, 0.717) is 19.4 Å². The number of hydrogen-bond donors (Lipinski definition) is 2. The number of amides is 1. The van der Waals surface area contributed by atoms with E-state index < -0.39 is 24.5 Å². The first-order valence-corrected chi connectivity index (χ1v) is 10.2. The Morgan fingerprint density at radius 2 is 1.74 bits per heavy atom. The first-order valence-electron chi connectivity index (χ1n) is 10.2. The van der Waals surface area contributed by atoms with Crippen LogP contribution in [0.4, 0.5) is 18.9 Å². The van der Waals surface area contributed by atoms with Gasteiger partial charge >= 0.3 is 18.1 Å². The maximum absolute atomic E-state index is 12.5. The van der Waals surface area contributed by atoms with Crippen LogP contribution in [0.5, 0.6) is 0 Å². The fourth-order valence-electron chi connectivity index (χ4n) is 3.93. The van der Waals surface area contributed by atoms with Gasteiger partial charge in [0.1, 0.15) is 0 Å². The van der Waals surface area contributed by atoms with Crippen molar-refractivity contribution in [3.63, 3.8) is 0 Å². The summed E-state index contributed by atoms with van der Waals surface area (Å²) in [6.45, 7) is 2.75. The number of carbonyl (C=O) groups excluding carboxylic acids is 1. The van der Waals surface area contributed by atoms with E-state index in [9.17, 15) is 18.0 Å². The Morgan fingerprint density at radius 1 is 1.06 bits per heavy atom. The second kappa shape index (κ2) is 11.1. The number of hydrogen-bond acceptors (Lipinski definition) is 4. The van der Waals surface area contributed by atoms with Crippen molar-refractivity contribution in [2.75, 3.05) is 31.1 Å². The molecule has 2 N–H and O–H groups in total. The smallest absolute Gasteiger partial charge is 0.414 e. The normalized spacial score (nSPS) is 19.6. The zero-order valence-electron chi connectivity index (χ0n) is 17.1. The van der Waals surface area contributed by atoms with Crippen molar-refractivity contribution < 1.29 is 37.8 Å². The molecule has 1 atom stereocenters. The average molecular weight is 444 g/mol. The summed E-state index contributed by atoms with van der Waals surface area (Å²) in [6.07, 6.45) is -0.800. The molecule has 0 aliphatic carbocycles. The van der Waals surface area contributed by atoms with E-state index in [0.717, 1.165) is 50.1 Å². The fraction of sp³-hybridized carbons (Fsp3) is 0.571. The minimum Gasteiger partial charge on any atom is -0.473 e. The molecule has 0 spiro atoms. The first kappa shape index (κ1) is 24.6. The highest BCUT2D eigenvalue weighted by atomic mass is 19.4. The van der Waals surface area contributed by atoms with Crippen LogP contribution in [0.25, 0.3) is 0 Å². The van der Waals surface area contributed by atoms with Crippen LogP contribution in [0.2, 0.25) is 0 Å². The number of carboxylic acid groups (broad SMARTS) is 2. The van der Waals surface area contributed by atoms with Crippen molar-refractivity contribution in [3.8, 4) is 0 Å². The van der Waals surface area contributed by atoms with Gasteiger partial charge in [0.25, 0.3) is 0 Å². The molecule has 2 heterocycles. The number of rotatable bonds is 5. The Labute approximate surface area is 178 Å². The molecular formula is C21H27F3N2O5. The summed E-state index contributed by atoms with van der Waals surface area (Å²) in [6, 6.07) is 7.91. The molecule has 2 fully saturated rings. The molecule has 1 amide bonds. The van der Waals surface area contributed by atoms with Crippen molar-refractivity contribution in [2.24, 2.45) is 5.92 Å². The second-order valence-corrected chi connectivity index (χ2v) is 7.77. The summed E-state index contributed by atoms with van der Waals surface area (Å²) in [5, 5.41) is 14.8. The molecule has 1 aromatic carbocycles. The minimum absolute atomic E-state index is 0.171. The van der Waals surface area contributed by atoms with Crippen LogP contribution in [0.3, 0.4) is 0 Å². The minimum atomic E-state index is -4.07. The molecule has 0 bridgehead atoms. The third kappa shape index (κ3) is 8.20. The summed E-state index contributed by atoms with van der Waals surface area (Å²) in [7, 11) is 0. The maximum atomic E-state index is 12.5. The lowest BCUT2D eigenvalue weighted by atomic mass is 10.0. The van der Waals surface area contributed by atoms with Crippen LogP contribution in [-0.4, -0.2) is 65.3 Å². The third-order valence-corrected chi connectivity index (χ3v) is 5.38. The first-order chi connectivity index (χ1) is 14.6. The Kier molecular flexibility index (Phi) is 8.85. The zero-order valence-corrected chi connectivity index (χ0v) is 17.1. The molecular weight excluding hydrogens is 417 g/mol. The van der Waals surface area contributed by atoms with E-state index in [1.165, 1.54) is 0 Å². The Hall–Kier alpha value is -2.62. The van der Waals surface area contributed by atoms with E-state index in [1.807, 2.05) is 29.2 Å². The van der Waals surface area contributed by atoms with Gasteiger partial charge in [0.2, 0.25) is 5.91 Å². The zero-order chi connectivity index (χ0) is 23.0. The molecule has 2 aliphatic heterocycles. The van der Waals surface area contributed by atoms with Gasteiger partial charge in [0.15, 0.2) is 0 Å². The second-order valence-electron chi connectivity index (χ2n) is 7.77. The molecule has 0 saturated carbocycles. The molecule has 0 unspecified atom stereocenters. The SMILES string of the molecule is O=C(O)C(=O)O.O=C1CCCCN1c1ccccc1CCN1CC[C@@H](CC(F)(F)F)C1. The predicted molar refractivity (Wildman–Crippen MR) is 107 cm³/mol. The molecule has 31 heavy (non-hydrogen) atoms. The van der Waals surface area contributed by atoms with Crippen LogP contribution < -0.4 is 4.90 Å². The van der Waals surface area contributed by atoms with E-state index in [1.54, 1.807) is 0 Å². The van der Waals surface area contributed by atoms with E-state index in [-0.39, 0.29) is 11.8 Å². The molecule has 2 saturated heterocycles. The van der Waals surface area contributed by atoms with Gasteiger partial charge in [-0.2, -0.15) is 13.2 Å². The standard InChI is InChI=1S/C19H25F3N2O.C2H2O4/c20-19(21,22)13-15-8-11-23(14-15)12-9-16-5-1-2-6-17(16)24-10-4-3-7-18(24)25;3-1(4)2(5)6/h1-2,5-6,15H,3-4,7-14H2;(H,3,4)(H,5,6)/t15-;/m0./s1. The van der Waals surface area contributed by atoms with E-state index in [4.69, 9.17) is 19.8 Å². The summed E-state index contributed by atoms with van der Waals surface area (Å²) < 4.78 is 37.6. The van der Waals surface area contributed by atoms with Crippen LogP contribution in [0.1, 0.15) is 37.7 Å². The molecule has 7 nitrogen and oxygen atoms in total. The molecule has 2 aliphatic rings. The third-order valence-electron chi connectivity index (χ3n) is 5.38. The van der Waals surface area contributed by atoms with Crippen molar-refractivity contribution in [1.82, 2.24) is 4.90 Å². The monoisotopic (exact) mass is 444 g/mol. The predicted octanol–water partition coefficient (Wildman–Crippen LogP) is 3.18. The highest BCUT2D eigenvalue weighted by Gasteiger charge is 2.35. The van der Waals surface area contributed by atoms with Crippen molar-refractivity contribution >= 4 is 23.5 Å². The summed E-state index contributed by atoms with van der Waals surface area (Å²) in [4.78, 5) is 34.4. The van der Waals surface area contributed by atoms with Gasteiger partial charge in [-0.05, 0) is 49.8 Å². The van der Waals surface area contributed by atoms with Gasteiger partial charge in [-0.15, -0.1) is 0 Å². The lowest BCUT2D eigenvalue weighted by molar-refractivity contribution is -0.159. The molecule has 1 aromatic rings. The van der Waals surface area contributed by atoms with Gasteiger partial charge in [0, 0.05) is 38.2 Å². The topological polar surface area (TPSA) is 98.1 Å². The van der Waals surface area contributed by atoms with Crippen LogP contribution in [0, 0.1) is 5.92 Å². The fourth-order valence-corrected chi connectivity index (χ4v) is 3.93. The molecule has 172 valence electrons. The molecule has 10 heteroatoms. The summed E-state index contributed by atoms with van der Waals surface area (Å²) in [5.41, 5.74) is 2.08. The number of benzene rings is 1. The quantitative estimate of drug-likeness (QED) is 0.677. The average Bonchev–Trinajstić information content (AvgIpc) is 3.13. The summed E-state index contributed by atoms with van der Waals surface area (Å²) >= 11 is 0. The number of carbonyl (C=O) groups is 3. The number of likely N-dealkylation sites (tertiary alicyclic amines) is 1. The van der Waals surface area contributed by atoms with Gasteiger partial charge in [0.05, 0.1) is 0 Å². The Balaban J connectivity index is 0.000000501. The number of carboxylic acids is 2. The highest BCUT2D eigenvalue weighted by Crippen LogP contribution is 2.31. The van der Waals surface area contributed by atoms with Crippen molar-refractivity contribution in [3.05, 3.63) is 29.8 Å². The number of piperidine rings is 1. The van der Waals surface area contributed by atoms with E-state index in [2.05, 4.69) is 4.90 Å². The largest absolute Gasteiger partial charge is 0.473 e. The summed E-state index contributed by atoms with van der Waals surface area (Å²) in [5.74, 6) is -3.76. The molecule has 3 rings (SSSR count). The molecule has 0 aromatic heterocycles. The van der Waals surface area contributed by atoms with Gasteiger partial charge in [-0.1, -0.05) is 18.2 Å². The highest BCUT2D eigenvalue weighted by molar-refractivity contribution is 6.27. The number of aliphatic carboxylic acids is 2. The van der Waals surface area contributed by atoms with Gasteiger partial charge in [-0.3, -0.25) is 4.79 Å². The number of halogens is 3. The number of alkyl halides is 3. The maximum Gasteiger partial charge on any atom is 0.414 e. The lowest BCUT2D eigenvalue weighted by Crippen LogP contribution is -2.36. The van der Waals surface area contributed by atoms with Crippen LogP contribution >= 0.6 is 0 Å². The lowest BCUT2D eigenvalue weighted by Gasteiger charge is -2.29. The van der Waals surface area contributed by atoms with Crippen molar-refractivity contribution in [1.29, 1.82) is 0 Å². The van der Waals surface area contributed by atoms with E-state index >= 15 is 0 Å². The van der Waals surface area contributed by atoms with Crippen LogP contribution in [-0.2, 0) is 20.8 Å². The van der Waals surface area contributed by atoms with Crippen LogP contribution in [0.15, 0.2) is 24.3 Å². The number of para-hydroxylation sites is 1. The number of anilines is 1. The van der Waals surface area contributed by atoms with Gasteiger partial charge in [-0.25, -0.2) is 9.59 Å². The van der Waals surface area contributed by atoms with Crippen molar-refractivity contribution in [2.45, 2.75) is 44.7 Å². The number of nitrogens with zero attached hydrogens (tertiary/aromatic N) is 2. The Morgan fingerprint density at radius 3 is 2.35 bits per heavy atom. The Bertz CT molecular complexity index is 773. The molecule has 0 radical (unpaired) electrons. The van der Waals surface area contributed by atoms with Gasteiger partial charge < -0.3 is 20.0 Å².